The molecule has 1 unspecified atom stereocenters. The van der Waals surface area contributed by atoms with Gasteiger partial charge in [-0.1, -0.05) is 6.07 Å². The summed E-state index contributed by atoms with van der Waals surface area (Å²) in [6.45, 7) is 5.45. The van der Waals surface area contributed by atoms with Gasteiger partial charge in [0, 0.05) is 44.0 Å². The summed E-state index contributed by atoms with van der Waals surface area (Å²) in [5, 5.41) is 16.0. The highest BCUT2D eigenvalue weighted by atomic mass is 19.1. The van der Waals surface area contributed by atoms with E-state index in [1.807, 2.05) is 13.0 Å². The molecule has 0 amide bonds. The van der Waals surface area contributed by atoms with Crippen LogP contribution in [0.15, 0.2) is 47.6 Å². The lowest BCUT2D eigenvalue weighted by atomic mass is 9.84. The molecule has 1 atom stereocenters. The highest BCUT2D eigenvalue weighted by Gasteiger charge is 2.34. The quantitative estimate of drug-likeness (QED) is 0.430. The van der Waals surface area contributed by atoms with E-state index in [1.54, 1.807) is 24.4 Å². The minimum Gasteiger partial charge on any atom is -0.439 e. The molecule has 8 heteroatoms. The van der Waals surface area contributed by atoms with E-state index in [2.05, 4.69) is 20.6 Å². The highest BCUT2D eigenvalue weighted by Crippen LogP contribution is 2.31. The van der Waals surface area contributed by atoms with Crippen LogP contribution in [0.5, 0.6) is 11.6 Å². The molecule has 1 aliphatic heterocycles. The summed E-state index contributed by atoms with van der Waals surface area (Å²) in [6.07, 6.45) is 3.35. The maximum absolute atomic E-state index is 13.0. The van der Waals surface area contributed by atoms with Crippen LogP contribution in [0, 0.1) is 11.2 Å². The van der Waals surface area contributed by atoms with E-state index in [1.165, 1.54) is 12.1 Å². The molecule has 3 rings (SSSR count). The number of ether oxygens (including phenoxy) is 2. The number of aliphatic hydroxyl groups is 1. The second kappa shape index (κ2) is 10.9. The minimum atomic E-state index is -0.309. The predicted molar refractivity (Wildman–Crippen MR) is 113 cm³/mol. The van der Waals surface area contributed by atoms with Gasteiger partial charge < -0.3 is 25.2 Å². The first-order valence-corrected chi connectivity index (χ1v) is 10.2. The third kappa shape index (κ3) is 6.40. The Morgan fingerprint density at radius 1 is 1.27 bits per heavy atom. The average molecular weight is 416 g/mol. The van der Waals surface area contributed by atoms with Crippen molar-refractivity contribution in [1.29, 1.82) is 0 Å². The lowest BCUT2D eigenvalue weighted by Gasteiger charge is -2.27. The molecule has 2 aromatic rings. The lowest BCUT2D eigenvalue weighted by molar-refractivity contribution is 0.127. The number of nitrogens with one attached hydrogen (secondary N) is 2. The van der Waals surface area contributed by atoms with Crippen LogP contribution in [0.25, 0.3) is 0 Å². The molecule has 0 spiro atoms. The fourth-order valence-corrected chi connectivity index (χ4v) is 3.28. The number of hydrogen-bond acceptors (Lipinski definition) is 5. The molecule has 1 aliphatic rings. The van der Waals surface area contributed by atoms with Gasteiger partial charge in [0.1, 0.15) is 11.6 Å². The van der Waals surface area contributed by atoms with Crippen molar-refractivity contribution >= 4 is 5.96 Å². The van der Waals surface area contributed by atoms with E-state index in [0.717, 1.165) is 25.1 Å². The molecule has 3 N–H and O–H groups in total. The summed E-state index contributed by atoms with van der Waals surface area (Å²) in [5.41, 5.74) is 0.888. The maximum atomic E-state index is 13.0. The van der Waals surface area contributed by atoms with Crippen molar-refractivity contribution in [2.75, 3.05) is 32.9 Å². The van der Waals surface area contributed by atoms with Gasteiger partial charge in [0.2, 0.25) is 5.88 Å². The molecule has 162 valence electrons. The maximum Gasteiger partial charge on any atom is 0.219 e. The largest absolute Gasteiger partial charge is 0.439 e. The Labute approximate surface area is 176 Å². The smallest absolute Gasteiger partial charge is 0.219 e. The monoisotopic (exact) mass is 416 g/mol. The molecule has 0 saturated carbocycles. The van der Waals surface area contributed by atoms with Gasteiger partial charge in [-0.05, 0) is 49.6 Å². The van der Waals surface area contributed by atoms with Crippen LogP contribution < -0.4 is 15.4 Å². The van der Waals surface area contributed by atoms with Crippen molar-refractivity contribution in [2.24, 2.45) is 10.4 Å². The molecule has 0 bridgehead atoms. The number of aliphatic imine (C=N–C) groups is 1. The number of halogens is 1. The zero-order valence-electron chi connectivity index (χ0n) is 17.2. The van der Waals surface area contributed by atoms with E-state index in [9.17, 15) is 9.50 Å². The Morgan fingerprint density at radius 2 is 2.10 bits per heavy atom. The Balaban J connectivity index is 1.56. The summed E-state index contributed by atoms with van der Waals surface area (Å²) < 4.78 is 24.1. The van der Waals surface area contributed by atoms with Gasteiger partial charge in [-0.3, -0.25) is 0 Å². The molecular formula is C22H29FN4O3. The molecule has 0 aliphatic carbocycles. The van der Waals surface area contributed by atoms with Gasteiger partial charge in [0.05, 0.1) is 13.2 Å². The molecule has 1 aromatic heterocycles. The summed E-state index contributed by atoms with van der Waals surface area (Å²) in [4.78, 5) is 8.92. The van der Waals surface area contributed by atoms with Crippen molar-refractivity contribution in [3.05, 3.63) is 54.0 Å². The zero-order chi connectivity index (χ0) is 21.2. The highest BCUT2D eigenvalue weighted by molar-refractivity contribution is 5.79. The first-order valence-electron chi connectivity index (χ1n) is 10.2. The summed E-state index contributed by atoms with van der Waals surface area (Å²) in [5.74, 6) is 1.37. The molecule has 2 heterocycles. The summed E-state index contributed by atoms with van der Waals surface area (Å²) in [6, 6.07) is 9.47. The number of guanidine groups is 1. The van der Waals surface area contributed by atoms with Crippen LogP contribution in [0.3, 0.4) is 0 Å². The van der Waals surface area contributed by atoms with Crippen LogP contribution >= 0.6 is 0 Å². The number of benzene rings is 1. The van der Waals surface area contributed by atoms with Gasteiger partial charge in [-0.2, -0.15) is 0 Å². The molecule has 30 heavy (non-hydrogen) atoms. The van der Waals surface area contributed by atoms with Crippen molar-refractivity contribution in [2.45, 2.75) is 26.3 Å². The Hall–Kier alpha value is -2.71. The van der Waals surface area contributed by atoms with Gasteiger partial charge in [0.25, 0.3) is 0 Å². The number of aromatic nitrogens is 1. The number of hydrogen-bond donors (Lipinski definition) is 3. The topological polar surface area (TPSA) is 88.0 Å². The number of pyridine rings is 1. The van der Waals surface area contributed by atoms with Gasteiger partial charge in [-0.25, -0.2) is 14.4 Å². The Kier molecular flexibility index (Phi) is 7.98. The number of rotatable bonds is 9. The van der Waals surface area contributed by atoms with Gasteiger partial charge in [0.15, 0.2) is 5.96 Å². The normalized spacial score (nSPS) is 19.0. The van der Waals surface area contributed by atoms with E-state index in [0.29, 0.717) is 43.7 Å². The molecule has 1 saturated heterocycles. The van der Waals surface area contributed by atoms with E-state index < -0.39 is 0 Å². The SMILES string of the molecule is CCNC(=NCc1ccc(Oc2ccc(F)cc2)nc1)NCC1(CCO)CCOC1. The van der Waals surface area contributed by atoms with Crippen LogP contribution in [-0.2, 0) is 11.3 Å². The minimum absolute atomic E-state index is 0.0498. The Morgan fingerprint density at radius 3 is 2.73 bits per heavy atom. The van der Waals surface area contributed by atoms with Crippen LogP contribution in [-0.4, -0.2) is 49.0 Å². The molecule has 1 aromatic carbocycles. The predicted octanol–water partition coefficient (Wildman–Crippen LogP) is 2.86. The molecule has 1 fully saturated rings. The first-order chi connectivity index (χ1) is 14.6. The van der Waals surface area contributed by atoms with Crippen LogP contribution in [0.4, 0.5) is 4.39 Å². The number of nitrogens with zero attached hydrogens (tertiary/aromatic N) is 2. The van der Waals surface area contributed by atoms with Crippen LogP contribution in [0.1, 0.15) is 25.3 Å². The van der Waals surface area contributed by atoms with Gasteiger partial charge >= 0.3 is 0 Å². The van der Waals surface area contributed by atoms with Crippen molar-refractivity contribution in [3.8, 4) is 11.6 Å². The third-order valence-corrected chi connectivity index (χ3v) is 5.06. The third-order valence-electron chi connectivity index (χ3n) is 5.06. The molecule has 0 radical (unpaired) electrons. The summed E-state index contributed by atoms with van der Waals surface area (Å²) in [7, 11) is 0. The lowest BCUT2D eigenvalue weighted by Crippen LogP contribution is -2.44. The Bertz CT molecular complexity index is 806. The second-order valence-corrected chi connectivity index (χ2v) is 7.39. The van der Waals surface area contributed by atoms with Crippen molar-refractivity contribution in [3.63, 3.8) is 0 Å². The standard InChI is InChI=1S/C22H29FN4O3/c1-2-24-21(27-15-22(9-11-28)10-12-29-16-22)26-14-17-3-8-20(25-13-17)30-19-6-4-18(23)5-7-19/h3-8,13,28H,2,9-12,14-16H2,1H3,(H2,24,26,27). The average Bonchev–Trinajstić information content (AvgIpc) is 3.22. The molecule has 7 nitrogen and oxygen atoms in total. The fraction of sp³-hybridized carbons (Fsp3) is 0.455. The van der Waals surface area contributed by atoms with E-state index in [4.69, 9.17) is 9.47 Å². The zero-order valence-corrected chi connectivity index (χ0v) is 17.2. The van der Waals surface area contributed by atoms with Crippen molar-refractivity contribution < 1.29 is 19.0 Å². The van der Waals surface area contributed by atoms with Crippen LogP contribution in [0.2, 0.25) is 0 Å². The van der Waals surface area contributed by atoms with Gasteiger partial charge in [-0.15, -0.1) is 0 Å². The fourth-order valence-electron chi connectivity index (χ4n) is 3.28. The first kappa shape index (κ1) is 22.0. The molecular weight excluding hydrogens is 387 g/mol. The van der Waals surface area contributed by atoms with E-state index >= 15 is 0 Å². The van der Waals surface area contributed by atoms with E-state index in [-0.39, 0.29) is 17.8 Å². The summed E-state index contributed by atoms with van der Waals surface area (Å²) >= 11 is 0. The second-order valence-electron chi connectivity index (χ2n) is 7.39. The van der Waals surface area contributed by atoms with Crippen molar-refractivity contribution in [1.82, 2.24) is 15.6 Å². The number of aliphatic hydroxyl groups excluding tert-OH is 1.